The zero-order valence-electron chi connectivity index (χ0n) is 30.2. The van der Waals surface area contributed by atoms with Crippen LogP contribution in [-0.2, 0) is 34.6 Å². The molecule has 4 fully saturated rings. The number of amides is 4. The molecule has 0 radical (unpaired) electrons. The number of aliphatic hydroxyl groups is 1. The van der Waals surface area contributed by atoms with Crippen LogP contribution in [0.1, 0.15) is 107 Å². The van der Waals surface area contributed by atoms with Crippen molar-refractivity contribution >= 4 is 51.0 Å². The smallest absolute Gasteiger partial charge is 0.287 e. The molecular formula is C36H49N7O8S2. The van der Waals surface area contributed by atoms with Gasteiger partial charge in [-0.3, -0.25) is 24.0 Å². The number of hydrogen-bond donors (Lipinski definition) is 4. The normalized spacial score (nSPS) is 22.9. The van der Waals surface area contributed by atoms with Gasteiger partial charge in [0.25, 0.3) is 11.8 Å². The van der Waals surface area contributed by atoms with E-state index >= 15 is 0 Å². The van der Waals surface area contributed by atoms with Crippen molar-refractivity contribution in [3.05, 3.63) is 41.7 Å². The van der Waals surface area contributed by atoms with E-state index in [0.29, 0.717) is 36.5 Å². The highest BCUT2D eigenvalue weighted by atomic mass is 32.2. The summed E-state index contributed by atoms with van der Waals surface area (Å²) in [6.07, 6.45) is 8.26. The number of primary amides is 1. The molecule has 2 saturated carbocycles. The lowest BCUT2D eigenvalue weighted by atomic mass is 9.84. The molecule has 53 heavy (non-hydrogen) atoms. The number of thioether (sulfide) groups is 1. The molecule has 2 aliphatic carbocycles. The number of carbonyl (C=O) groups excluding carboxylic acids is 5. The van der Waals surface area contributed by atoms with Gasteiger partial charge in [-0.15, -0.1) is 5.10 Å². The molecule has 15 nitrogen and oxygen atoms in total. The zero-order chi connectivity index (χ0) is 38.1. The van der Waals surface area contributed by atoms with Gasteiger partial charge >= 0.3 is 0 Å². The van der Waals surface area contributed by atoms with E-state index in [0.717, 1.165) is 32.1 Å². The molecule has 0 bridgehead atoms. The van der Waals surface area contributed by atoms with Gasteiger partial charge in [0.15, 0.2) is 9.84 Å². The van der Waals surface area contributed by atoms with Gasteiger partial charge in [0.1, 0.15) is 23.2 Å². The number of nitrogens with two attached hydrogens (primary N) is 1. The highest BCUT2D eigenvalue weighted by Crippen LogP contribution is 2.36. The summed E-state index contributed by atoms with van der Waals surface area (Å²) in [4.78, 5) is 69.7. The van der Waals surface area contributed by atoms with Crippen LogP contribution in [0.4, 0.5) is 0 Å². The molecule has 4 amide bonds. The summed E-state index contributed by atoms with van der Waals surface area (Å²) in [5, 5.41) is 24.4. The monoisotopic (exact) mass is 771 g/mol. The zero-order valence-corrected chi connectivity index (χ0v) is 31.8. The SMILES string of the molecule is CC(C)(O)c1cnnn1[C@H]1C[C@@H](C(=O)NC2(C(=O)C(N)=O)CCSCC2)N(C(=O)C(CC2CCCCC2)NC(=O)c2ccc(S(=O)(=O)C3CC3)cc2)C1. The van der Waals surface area contributed by atoms with Gasteiger partial charge in [0.05, 0.1) is 28.1 Å². The molecule has 5 N–H and O–H groups in total. The highest BCUT2D eigenvalue weighted by molar-refractivity contribution is 7.99. The maximum absolute atomic E-state index is 14.8. The molecule has 0 spiro atoms. The number of nitrogens with zero attached hydrogens (tertiary/aromatic N) is 4. The van der Waals surface area contributed by atoms with Crippen LogP contribution < -0.4 is 16.4 Å². The minimum Gasteiger partial charge on any atom is -0.384 e. The summed E-state index contributed by atoms with van der Waals surface area (Å²) in [6.45, 7) is 3.14. The minimum absolute atomic E-state index is 0.0132. The number of nitrogens with one attached hydrogen (secondary N) is 2. The predicted octanol–water partition coefficient (Wildman–Crippen LogP) is 1.79. The summed E-state index contributed by atoms with van der Waals surface area (Å²) in [5.41, 5.74) is 3.15. The van der Waals surface area contributed by atoms with E-state index in [1.807, 2.05) is 0 Å². The van der Waals surface area contributed by atoms with Crippen LogP contribution in [-0.4, -0.2) is 104 Å². The van der Waals surface area contributed by atoms with Gasteiger partial charge in [-0.1, -0.05) is 37.3 Å². The van der Waals surface area contributed by atoms with Crippen molar-refractivity contribution in [3.8, 4) is 0 Å². The third-order valence-electron chi connectivity index (χ3n) is 11.1. The Morgan fingerprint density at radius 1 is 1.04 bits per heavy atom. The standard InChI is InChI=1S/C36H49N7O8S2/c1-35(2,49)29-20-38-41-43(29)24-19-28(33(47)40-36(30(44)31(37)45)14-16-52-17-15-36)42(21-24)34(48)27(18-22-6-4-3-5-7-22)39-32(46)23-8-10-25(11-9-23)53(50,51)26-12-13-26/h8-11,20,22,24,26-28,49H,3-7,12-19,21H2,1-2H3,(H2,37,45)(H,39,46)(H,40,47)/t24-,27?,28-/m0/s1. The summed E-state index contributed by atoms with van der Waals surface area (Å²) < 4.78 is 27.0. The molecule has 3 heterocycles. The maximum Gasteiger partial charge on any atom is 0.287 e. The number of benzene rings is 1. The Morgan fingerprint density at radius 3 is 2.30 bits per heavy atom. The second-order valence-corrected chi connectivity index (χ2v) is 18.9. The minimum atomic E-state index is -3.46. The van der Waals surface area contributed by atoms with Crippen LogP contribution in [0.15, 0.2) is 35.4 Å². The van der Waals surface area contributed by atoms with Crippen molar-refractivity contribution in [2.45, 2.75) is 124 Å². The Labute approximate surface area is 313 Å². The Balaban J connectivity index is 1.31. The van der Waals surface area contributed by atoms with Gasteiger partial charge in [-0.25, -0.2) is 13.1 Å². The predicted molar refractivity (Wildman–Crippen MR) is 195 cm³/mol. The average Bonchev–Trinajstić information content (AvgIpc) is 3.71. The molecule has 1 aromatic heterocycles. The quantitative estimate of drug-likeness (QED) is 0.215. The van der Waals surface area contributed by atoms with Gasteiger partial charge in [-0.2, -0.15) is 11.8 Å². The summed E-state index contributed by atoms with van der Waals surface area (Å²) in [5.74, 6) is -2.56. The van der Waals surface area contributed by atoms with E-state index in [-0.39, 0.29) is 42.2 Å². The molecule has 4 aliphatic rings. The van der Waals surface area contributed by atoms with Crippen LogP contribution in [0.3, 0.4) is 0 Å². The van der Waals surface area contributed by atoms with Crippen molar-refractivity contribution in [3.63, 3.8) is 0 Å². The number of hydrogen-bond acceptors (Lipinski definition) is 11. The number of likely N-dealkylation sites (tertiary alicyclic amines) is 1. The molecule has 3 atom stereocenters. The third kappa shape index (κ3) is 8.46. The van der Waals surface area contributed by atoms with Crippen molar-refractivity contribution in [1.82, 2.24) is 30.5 Å². The first-order valence-electron chi connectivity index (χ1n) is 18.4. The Morgan fingerprint density at radius 2 is 1.70 bits per heavy atom. The van der Waals surface area contributed by atoms with Crippen LogP contribution in [0.2, 0.25) is 0 Å². The van der Waals surface area contributed by atoms with E-state index in [1.165, 1.54) is 40.0 Å². The molecule has 2 aliphatic heterocycles. The Bertz CT molecular complexity index is 1830. The lowest BCUT2D eigenvalue weighted by Crippen LogP contribution is -2.63. The van der Waals surface area contributed by atoms with Crippen LogP contribution in [0.5, 0.6) is 0 Å². The van der Waals surface area contributed by atoms with Gasteiger partial charge < -0.3 is 26.4 Å². The second kappa shape index (κ2) is 15.5. The molecular weight excluding hydrogens is 723 g/mol. The highest BCUT2D eigenvalue weighted by Gasteiger charge is 2.49. The largest absolute Gasteiger partial charge is 0.384 e. The average molecular weight is 772 g/mol. The van der Waals surface area contributed by atoms with Gasteiger partial charge in [-0.05, 0) is 87.6 Å². The van der Waals surface area contributed by atoms with Crippen molar-refractivity contribution in [1.29, 1.82) is 0 Å². The molecule has 288 valence electrons. The lowest BCUT2D eigenvalue weighted by Gasteiger charge is -2.37. The van der Waals surface area contributed by atoms with Crippen molar-refractivity contribution < 1.29 is 37.5 Å². The van der Waals surface area contributed by atoms with E-state index in [1.54, 1.807) is 25.6 Å². The van der Waals surface area contributed by atoms with Crippen LogP contribution in [0.25, 0.3) is 0 Å². The Kier molecular flexibility index (Phi) is 11.4. The van der Waals surface area contributed by atoms with E-state index in [2.05, 4.69) is 20.9 Å². The first-order valence-corrected chi connectivity index (χ1v) is 21.1. The summed E-state index contributed by atoms with van der Waals surface area (Å²) >= 11 is 1.59. The molecule has 6 rings (SSSR count). The Hall–Kier alpha value is -3.83. The van der Waals surface area contributed by atoms with Crippen molar-refractivity contribution in [2.24, 2.45) is 11.7 Å². The van der Waals surface area contributed by atoms with Crippen LogP contribution in [0, 0.1) is 5.92 Å². The number of carbonyl (C=O) groups is 5. The van der Waals surface area contributed by atoms with Crippen molar-refractivity contribution in [2.75, 3.05) is 18.1 Å². The van der Waals surface area contributed by atoms with Gasteiger partial charge in [0.2, 0.25) is 17.6 Å². The maximum atomic E-state index is 14.8. The summed E-state index contributed by atoms with van der Waals surface area (Å²) in [6, 6.07) is 2.94. The fourth-order valence-corrected chi connectivity index (χ4v) is 10.8. The first kappa shape index (κ1) is 38.9. The fourth-order valence-electron chi connectivity index (χ4n) is 7.90. The number of aromatic nitrogens is 3. The topological polar surface area (TPSA) is 224 Å². The molecule has 2 aromatic rings. The molecule has 2 saturated heterocycles. The number of ketones is 1. The third-order valence-corrected chi connectivity index (χ3v) is 14.3. The molecule has 1 aromatic carbocycles. The molecule has 1 unspecified atom stereocenters. The van der Waals surface area contributed by atoms with Gasteiger partial charge in [0, 0.05) is 18.5 Å². The first-order chi connectivity index (χ1) is 25.1. The summed E-state index contributed by atoms with van der Waals surface area (Å²) in [7, 11) is -3.46. The van der Waals surface area contributed by atoms with Crippen LogP contribution >= 0.6 is 11.8 Å². The lowest BCUT2D eigenvalue weighted by molar-refractivity contribution is -0.145. The van der Waals surface area contributed by atoms with E-state index in [9.17, 15) is 37.5 Å². The number of Topliss-reactive ketones (excluding diaryl/α,β-unsaturated/α-hetero) is 1. The fraction of sp³-hybridized carbons (Fsp3) is 0.639. The number of rotatable bonds is 13. The number of sulfone groups is 1. The molecule has 17 heteroatoms. The second-order valence-electron chi connectivity index (χ2n) is 15.4. The van der Waals surface area contributed by atoms with E-state index < -0.39 is 73.8 Å². The van der Waals surface area contributed by atoms with E-state index in [4.69, 9.17) is 5.73 Å².